The lowest BCUT2D eigenvalue weighted by atomic mass is 9.94. The van der Waals surface area contributed by atoms with Gasteiger partial charge in [-0.1, -0.05) is 66.7 Å². The minimum Gasteiger partial charge on any atom is -0.481 e. The van der Waals surface area contributed by atoms with E-state index in [1.165, 1.54) is 11.3 Å². The molecule has 3 amide bonds. The molecule has 6 N–H and O–H groups in total. The second kappa shape index (κ2) is 14.8. The Labute approximate surface area is 282 Å². The summed E-state index contributed by atoms with van der Waals surface area (Å²) in [5.41, 5.74) is 8.94. The molecule has 11 heteroatoms. The van der Waals surface area contributed by atoms with Gasteiger partial charge in [-0.2, -0.15) is 0 Å². The number of hydrogen-bond donors (Lipinski definition) is 5. The van der Waals surface area contributed by atoms with Gasteiger partial charge < -0.3 is 31.4 Å². The minimum atomic E-state index is -1.02. The van der Waals surface area contributed by atoms with Crippen molar-refractivity contribution < 1.29 is 24.3 Å². The van der Waals surface area contributed by atoms with Crippen molar-refractivity contribution >= 4 is 56.7 Å². The first-order valence-electron chi connectivity index (χ1n) is 16.2. The van der Waals surface area contributed by atoms with Gasteiger partial charge in [-0.05, 0) is 52.3 Å². The van der Waals surface area contributed by atoms with Gasteiger partial charge in [-0.25, -0.2) is 0 Å². The maximum Gasteiger partial charge on any atom is 0.306 e. The SMILES string of the molecule is N[C@@H](Cc1cccs1)C(=O)N[C@H](Cc1c[nH]c2ccccc12)C(=O)N[C@H](Cc1cccc2ccccc12)C(=O)N1CCC(C(=O)O)CC1. The summed E-state index contributed by atoms with van der Waals surface area (Å²) in [6.45, 7) is 0.565. The normalized spacial score (nSPS) is 15.6. The number of nitrogens with one attached hydrogen (secondary N) is 3. The molecule has 248 valence electrons. The molecular weight excluding hydrogens is 627 g/mol. The molecule has 10 nitrogen and oxygen atoms in total. The van der Waals surface area contributed by atoms with Crippen molar-refractivity contribution in [3.05, 3.63) is 106 Å². The highest BCUT2D eigenvalue weighted by Crippen LogP contribution is 2.24. The van der Waals surface area contributed by atoms with Crippen LogP contribution in [0.5, 0.6) is 0 Å². The molecule has 0 bridgehead atoms. The number of carbonyl (C=O) groups is 4. The highest BCUT2D eigenvalue weighted by atomic mass is 32.1. The number of nitrogens with zero attached hydrogens (tertiary/aromatic N) is 1. The number of thiophene rings is 1. The van der Waals surface area contributed by atoms with Gasteiger partial charge in [0.25, 0.3) is 0 Å². The largest absolute Gasteiger partial charge is 0.481 e. The summed E-state index contributed by atoms with van der Waals surface area (Å²) in [5.74, 6) is -2.62. The van der Waals surface area contributed by atoms with Crippen molar-refractivity contribution in [2.24, 2.45) is 11.7 Å². The van der Waals surface area contributed by atoms with Gasteiger partial charge in [0, 0.05) is 54.3 Å². The number of aromatic nitrogens is 1. The molecule has 3 atom stereocenters. The Morgan fingerprint density at radius 3 is 2.25 bits per heavy atom. The lowest BCUT2D eigenvalue weighted by molar-refractivity contribution is -0.146. The fraction of sp³-hybridized carbons (Fsp3) is 0.297. The van der Waals surface area contributed by atoms with Gasteiger partial charge >= 0.3 is 5.97 Å². The number of aliphatic carboxylic acids is 1. The number of benzene rings is 3. The first-order chi connectivity index (χ1) is 23.3. The van der Waals surface area contributed by atoms with Crippen LogP contribution in [0, 0.1) is 5.92 Å². The standard InChI is InChI=1S/C37H39N5O5S/c38-30(21-27-10-6-18-48-27)34(43)40-32(20-26-22-39-31-13-4-3-12-29(26)31)35(44)41-33(36(45)42-16-14-24(15-17-42)37(46)47)19-25-9-5-8-23-7-1-2-11-28(23)25/h1-13,18,22,24,30,32-33,39H,14-17,19-21,38H2,(H,40,43)(H,41,44)(H,46,47)/t30-,32+,33+/m0/s1. The van der Waals surface area contributed by atoms with Crippen LogP contribution in [0.25, 0.3) is 21.7 Å². The first-order valence-corrected chi connectivity index (χ1v) is 17.1. The van der Waals surface area contributed by atoms with Crippen LogP contribution < -0.4 is 16.4 Å². The number of carboxylic acids is 1. The first kappa shape index (κ1) is 32.9. The van der Waals surface area contributed by atoms with Crippen LogP contribution >= 0.6 is 11.3 Å². The molecule has 0 spiro atoms. The highest BCUT2D eigenvalue weighted by Gasteiger charge is 2.34. The summed E-state index contributed by atoms with van der Waals surface area (Å²) in [6, 6.07) is 22.4. The van der Waals surface area contributed by atoms with Crippen LogP contribution in [0.4, 0.5) is 0 Å². The van der Waals surface area contributed by atoms with E-state index in [4.69, 9.17) is 5.73 Å². The maximum absolute atomic E-state index is 14.3. The van der Waals surface area contributed by atoms with Crippen LogP contribution in [0.1, 0.15) is 28.8 Å². The number of likely N-dealkylation sites (tertiary alicyclic amines) is 1. The lowest BCUT2D eigenvalue weighted by Crippen LogP contribution is -2.58. The van der Waals surface area contributed by atoms with E-state index in [2.05, 4.69) is 15.6 Å². The van der Waals surface area contributed by atoms with E-state index in [0.29, 0.717) is 19.3 Å². The van der Waals surface area contributed by atoms with Crippen molar-refractivity contribution in [1.82, 2.24) is 20.5 Å². The lowest BCUT2D eigenvalue weighted by Gasteiger charge is -2.34. The van der Waals surface area contributed by atoms with E-state index >= 15 is 0 Å². The van der Waals surface area contributed by atoms with Gasteiger partial charge in [-0.15, -0.1) is 11.3 Å². The van der Waals surface area contributed by atoms with Crippen LogP contribution in [0.15, 0.2) is 90.4 Å². The molecule has 1 fully saturated rings. The molecular formula is C37H39N5O5S. The van der Waals surface area contributed by atoms with Gasteiger partial charge in [-0.3, -0.25) is 19.2 Å². The molecule has 2 aromatic heterocycles. The number of carbonyl (C=O) groups excluding carboxylic acids is 3. The number of nitrogens with two attached hydrogens (primary N) is 1. The summed E-state index contributed by atoms with van der Waals surface area (Å²) in [5, 5.41) is 20.2. The molecule has 3 heterocycles. The van der Waals surface area contributed by atoms with Crippen molar-refractivity contribution in [1.29, 1.82) is 0 Å². The molecule has 0 aliphatic carbocycles. The number of para-hydroxylation sites is 1. The van der Waals surface area contributed by atoms with E-state index in [0.717, 1.165) is 37.7 Å². The van der Waals surface area contributed by atoms with Crippen molar-refractivity contribution in [3.8, 4) is 0 Å². The summed E-state index contributed by atoms with van der Waals surface area (Å²) in [6.07, 6.45) is 3.24. The second-order valence-corrected chi connectivity index (χ2v) is 13.4. The molecule has 0 saturated carbocycles. The minimum absolute atomic E-state index is 0.173. The van der Waals surface area contributed by atoms with Crippen molar-refractivity contribution in [2.45, 2.75) is 50.2 Å². The molecule has 1 aliphatic rings. The molecule has 1 saturated heterocycles. The maximum atomic E-state index is 14.3. The summed E-state index contributed by atoms with van der Waals surface area (Å²) in [7, 11) is 0. The Hall–Kier alpha value is -5.00. The number of piperidine rings is 1. The fourth-order valence-electron chi connectivity index (χ4n) is 6.48. The Balaban J connectivity index is 1.28. The molecule has 48 heavy (non-hydrogen) atoms. The number of rotatable bonds is 12. The van der Waals surface area contributed by atoms with Crippen molar-refractivity contribution in [3.63, 3.8) is 0 Å². The van der Waals surface area contributed by atoms with E-state index in [1.807, 2.05) is 90.4 Å². The third-order valence-electron chi connectivity index (χ3n) is 9.14. The zero-order valence-corrected chi connectivity index (χ0v) is 27.2. The molecule has 1 aliphatic heterocycles. The van der Waals surface area contributed by atoms with Crippen molar-refractivity contribution in [2.75, 3.05) is 13.1 Å². The average molecular weight is 666 g/mol. The predicted molar refractivity (Wildman–Crippen MR) is 186 cm³/mol. The summed E-state index contributed by atoms with van der Waals surface area (Å²) < 4.78 is 0. The second-order valence-electron chi connectivity index (χ2n) is 12.4. The zero-order chi connectivity index (χ0) is 33.6. The molecule has 3 aromatic carbocycles. The van der Waals surface area contributed by atoms with Gasteiger partial charge in [0.15, 0.2) is 0 Å². The molecule has 0 unspecified atom stereocenters. The third kappa shape index (κ3) is 7.58. The van der Waals surface area contributed by atoms with Crippen LogP contribution in [-0.2, 0) is 38.4 Å². The Morgan fingerprint density at radius 2 is 1.50 bits per heavy atom. The Kier molecular flexibility index (Phi) is 10.2. The Morgan fingerprint density at radius 1 is 0.812 bits per heavy atom. The van der Waals surface area contributed by atoms with Gasteiger partial charge in [0.2, 0.25) is 17.7 Å². The quantitative estimate of drug-likeness (QED) is 0.135. The predicted octanol–water partition coefficient (Wildman–Crippen LogP) is 4.03. The number of fused-ring (bicyclic) bond motifs is 2. The van der Waals surface area contributed by atoms with Crippen LogP contribution in [0.3, 0.4) is 0 Å². The van der Waals surface area contributed by atoms with E-state index in [-0.39, 0.29) is 31.8 Å². The topological polar surface area (TPSA) is 158 Å². The van der Waals surface area contributed by atoms with E-state index in [1.54, 1.807) is 4.90 Å². The molecule has 0 radical (unpaired) electrons. The van der Waals surface area contributed by atoms with Gasteiger partial charge in [0.05, 0.1) is 12.0 Å². The third-order valence-corrected chi connectivity index (χ3v) is 10.0. The molecule has 5 aromatic rings. The van der Waals surface area contributed by atoms with E-state index < -0.39 is 41.8 Å². The zero-order valence-electron chi connectivity index (χ0n) is 26.4. The smallest absolute Gasteiger partial charge is 0.306 e. The Bertz CT molecular complexity index is 1910. The van der Waals surface area contributed by atoms with Gasteiger partial charge in [0.1, 0.15) is 12.1 Å². The summed E-state index contributed by atoms with van der Waals surface area (Å²) in [4.78, 5) is 59.2. The van der Waals surface area contributed by atoms with E-state index in [9.17, 15) is 24.3 Å². The van der Waals surface area contributed by atoms with Crippen LogP contribution in [-0.4, -0.2) is 69.9 Å². The average Bonchev–Trinajstić information content (AvgIpc) is 3.77. The van der Waals surface area contributed by atoms with Crippen LogP contribution in [0.2, 0.25) is 0 Å². The number of aromatic amines is 1. The highest BCUT2D eigenvalue weighted by molar-refractivity contribution is 7.09. The number of H-pyrrole nitrogens is 1. The number of carboxylic acid groups (broad SMARTS) is 1. The summed E-state index contributed by atoms with van der Waals surface area (Å²) >= 11 is 1.51. The molecule has 6 rings (SSSR count). The fourth-order valence-corrected chi connectivity index (χ4v) is 7.24. The monoisotopic (exact) mass is 665 g/mol. The number of hydrogen-bond acceptors (Lipinski definition) is 6. The number of amides is 3.